The van der Waals surface area contributed by atoms with E-state index in [1.165, 1.54) is 0 Å². The highest BCUT2D eigenvalue weighted by molar-refractivity contribution is 5.71. The molecule has 1 aliphatic heterocycles. The normalized spacial score (nSPS) is 28.9. The number of carboxylic acid groups (broad SMARTS) is 1. The van der Waals surface area contributed by atoms with E-state index in [-0.39, 0.29) is 17.6 Å². The molecule has 0 aromatic heterocycles. The number of hydrogen-bond donors (Lipinski definition) is 2. The third-order valence-corrected chi connectivity index (χ3v) is 3.44. The first-order chi connectivity index (χ1) is 8.57. The smallest absolute Gasteiger partial charge is 0.309 e. The maximum absolute atomic E-state index is 11.6. The van der Waals surface area contributed by atoms with Crippen molar-refractivity contribution >= 4 is 5.97 Å². The van der Waals surface area contributed by atoms with Gasteiger partial charge in [0.05, 0.1) is 18.1 Å². The molecule has 5 heteroatoms. The number of rotatable bonds is 4. The molecule has 3 N–H and O–H groups in total. The molecule has 0 radical (unpaired) electrons. The van der Waals surface area contributed by atoms with Gasteiger partial charge in [-0.05, 0) is 32.2 Å². The van der Waals surface area contributed by atoms with Crippen molar-refractivity contribution in [3.63, 3.8) is 0 Å². The molecule has 112 valence electrons. The van der Waals surface area contributed by atoms with Gasteiger partial charge in [-0.15, -0.1) is 0 Å². The minimum Gasteiger partial charge on any atom is -0.481 e. The van der Waals surface area contributed by atoms with Crippen molar-refractivity contribution in [1.29, 1.82) is 0 Å². The van der Waals surface area contributed by atoms with Gasteiger partial charge in [0, 0.05) is 6.42 Å². The Morgan fingerprint density at radius 1 is 1.42 bits per heavy atom. The molecule has 0 amide bonds. The summed E-state index contributed by atoms with van der Waals surface area (Å²) >= 11 is 0. The number of carboxylic acids is 1. The lowest BCUT2D eigenvalue weighted by Crippen LogP contribution is -2.51. The van der Waals surface area contributed by atoms with Crippen LogP contribution in [0, 0.1) is 11.3 Å². The Hall–Kier alpha value is -0.650. The van der Waals surface area contributed by atoms with Gasteiger partial charge < -0.3 is 20.3 Å². The van der Waals surface area contributed by atoms with E-state index in [4.69, 9.17) is 15.2 Å². The van der Waals surface area contributed by atoms with Gasteiger partial charge in [-0.1, -0.05) is 20.8 Å². The summed E-state index contributed by atoms with van der Waals surface area (Å²) in [4.78, 5) is 11.6. The Bertz CT molecular complexity index is 322. The third kappa shape index (κ3) is 4.44. The lowest BCUT2D eigenvalue weighted by Gasteiger charge is -2.45. The molecule has 1 saturated heterocycles. The minimum absolute atomic E-state index is 0.0389. The van der Waals surface area contributed by atoms with Gasteiger partial charge in [0.15, 0.2) is 5.79 Å². The van der Waals surface area contributed by atoms with Crippen molar-refractivity contribution in [3.05, 3.63) is 0 Å². The van der Waals surface area contributed by atoms with Crippen molar-refractivity contribution in [2.75, 3.05) is 6.54 Å². The van der Waals surface area contributed by atoms with Crippen LogP contribution in [0.1, 0.15) is 47.5 Å². The summed E-state index contributed by atoms with van der Waals surface area (Å²) in [5.41, 5.74) is 5.21. The molecule has 3 atom stereocenters. The van der Waals surface area contributed by atoms with Crippen LogP contribution in [0.15, 0.2) is 0 Å². The molecule has 2 unspecified atom stereocenters. The van der Waals surface area contributed by atoms with Crippen LogP contribution in [0.25, 0.3) is 0 Å². The molecule has 5 nitrogen and oxygen atoms in total. The zero-order valence-electron chi connectivity index (χ0n) is 12.6. The van der Waals surface area contributed by atoms with Crippen LogP contribution in [-0.4, -0.2) is 35.6 Å². The first-order valence-electron chi connectivity index (χ1n) is 6.85. The van der Waals surface area contributed by atoms with Crippen LogP contribution < -0.4 is 5.73 Å². The molecule has 0 bridgehead atoms. The average molecular weight is 273 g/mol. The van der Waals surface area contributed by atoms with Crippen molar-refractivity contribution in [1.82, 2.24) is 0 Å². The molecule has 1 aliphatic rings. The van der Waals surface area contributed by atoms with Gasteiger partial charge in [-0.25, -0.2) is 0 Å². The van der Waals surface area contributed by atoms with Crippen LogP contribution in [0.4, 0.5) is 0 Å². The highest BCUT2D eigenvalue weighted by Gasteiger charge is 2.45. The van der Waals surface area contributed by atoms with E-state index < -0.39 is 17.7 Å². The van der Waals surface area contributed by atoms with E-state index in [1.54, 1.807) is 0 Å². The largest absolute Gasteiger partial charge is 0.481 e. The number of aliphatic carboxylic acids is 1. The van der Waals surface area contributed by atoms with Gasteiger partial charge in [0.25, 0.3) is 0 Å². The van der Waals surface area contributed by atoms with E-state index in [2.05, 4.69) is 0 Å². The molecule has 0 aliphatic carbocycles. The molecule has 0 spiro atoms. The van der Waals surface area contributed by atoms with Gasteiger partial charge in [0.1, 0.15) is 0 Å². The lowest BCUT2D eigenvalue weighted by atomic mass is 9.75. The fourth-order valence-electron chi connectivity index (χ4n) is 2.80. The maximum atomic E-state index is 11.6. The fourth-order valence-corrected chi connectivity index (χ4v) is 2.80. The topological polar surface area (TPSA) is 81.8 Å². The van der Waals surface area contributed by atoms with E-state index >= 15 is 0 Å². The van der Waals surface area contributed by atoms with Crippen LogP contribution in [0.5, 0.6) is 0 Å². The molecule has 0 aromatic carbocycles. The molecule has 0 saturated carbocycles. The van der Waals surface area contributed by atoms with Crippen LogP contribution in [-0.2, 0) is 14.3 Å². The SMILES string of the molecule is CC1(C)OC(CCN)C[C@H](C(C(=O)O)C(C)(C)C)O1. The quantitative estimate of drug-likeness (QED) is 0.818. The Balaban J connectivity index is 2.93. The van der Waals surface area contributed by atoms with Gasteiger partial charge >= 0.3 is 5.97 Å². The molecule has 1 rings (SSSR count). The second-order valence-electron chi connectivity index (χ2n) is 6.79. The minimum atomic E-state index is -0.818. The highest BCUT2D eigenvalue weighted by atomic mass is 16.7. The summed E-state index contributed by atoms with van der Waals surface area (Å²) in [6, 6.07) is 0. The van der Waals surface area contributed by atoms with Crippen LogP contribution in [0.3, 0.4) is 0 Å². The third-order valence-electron chi connectivity index (χ3n) is 3.44. The second kappa shape index (κ2) is 5.77. The second-order valence-corrected chi connectivity index (χ2v) is 6.79. The van der Waals surface area contributed by atoms with E-state index in [1.807, 2.05) is 34.6 Å². The monoisotopic (exact) mass is 273 g/mol. The number of carbonyl (C=O) groups is 1. The molecule has 1 fully saturated rings. The predicted molar refractivity (Wildman–Crippen MR) is 72.7 cm³/mol. The van der Waals surface area contributed by atoms with E-state index in [9.17, 15) is 9.90 Å². The number of nitrogens with two attached hydrogens (primary N) is 1. The highest BCUT2D eigenvalue weighted by Crippen LogP contribution is 2.38. The lowest BCUT2D eigenvalue weighted by molar-refractivity contribution is -0.311. The predicted octanol–water partition coefficient (Wildman–Crippen LogP) is 1.99. The summed E-state index contributed by atoms with van der Waals surface area (Å²) in [6.07, 6.45) is 0.912. The fraction of sp³-hybridized carbons (Fsp3) is 0.929. The summed E-state index contributed by atoms with van der Waals surface area (Å²) in [6.45, 7) is 9.95. The van der Waals surface area contributed by atoms with Crippen molar-refractivity contribution < 1.29 is 19.4 Å². The van der Waals surface area contributed by atoms with Gasteiger partial charge in [-0.3, -0.25) is 4.79 Å². The Morgan fingerprint density at radius 2 is 2.00 bits per heavy atom. The van der Waals surface area contributed by atoms with Crippen molar-refractivity contribution in [2.45, 2.75) is 65.5 Å². The van der Waals surface area contributed by atoms with Crippen LogP contribution in [0.2, 0.25) is 0 Å². The summed E-state index contributed by atoms with van der Waals surface area (Å²) < 4.78 is 11.6. The molecule has 0 aromatic rings. The number of ether oxygens (including phenoxy) is 2. The van der Waals surface area contributed by atoms with Gasteiger partial charge in [-0.2, -0.15) is 0 Å². The summed E-state index contributed by atoms with van der Waals surface area (Å²) in [7, 11) is 0. The summed E-state index contributed by atoms with van der Waals surface area (Å²) in [5.74, 6) is -2.14. The molecule has 1 heterocycles. The van der Waals surface area contributed by atoms with E-state index in [0.717, 1.165) is 6.42 Å². The Kier molecular flexibility index (Phi) is 4.98. The maximum Gasteiger partial charge on any atom is 0.309 e. The van der Waals surface area contributed by atoms with E-state index in [0.29, 0.717) is 13.0 Å². The first-order valence-corrected chi connectivity index (χ1v) is 6.85. The van der Waals surface area contributed by atoms with Crippen molar-refractivity contribution in [3.8, 4) is 0 Å². The van der Waals surface area contributed by atoms with Gasteiger partial charge in [0.2, 0.25) is 0 Å². The summed E-state index contributed by atoms with van der Waals surface area (Å²) in [5, 5.41) is 9.50. The first kappa shape index (κ1) is 16.4. The Morgan fingerprint density at radius 3 is 2.42 bits per heavy atom. The Labute approximate surface area is 115 Å². The van der Waals surface area contributed by atoms with Crippen LogP contribution >= 0.6 is 0 Å². The standard InChI is InChI=1S/C14H27NO4/c1-13(2,3)11(12(16)17)10-8-9(6-7-15)18-14(4,5)19-10/h9-11H,6-8,15H2,1-5H3,(H,16,17)/t9?,10-,11?/m1/s1. The molecular formula is C14H27NO4. The molecular weight excluding hydrogens is 246 g/mol. The zero-order valence-corrected chi connectivity index (χ0v) is 12.6. The molecule has 19 heavy (non-hydrogen) atoms. The number of hydrogen-bond acceptors (Lipinski definition) is 4. The average Bonchev–Trinajstić information content (AvgIpc) is 2.11. The van der Waals surface area contributed by atoms with Crippen molar-refractivity contribution in [2.24, 2.45) is 17.1 Å². The zero-order chi connectivity index (χ0) is 14.8.